The zero-order chi connectivity index (χ0) is 19.0. The molecule has 2 fully saturated rings. The third-order valence-corrected chi connectivity index (χ3v) is 8.08. The van der Waals surface area contributed by atoms with Gasteiger partial charge in [0, 0.05) is 20.6 Å². The molecule has 4 rings (SSSR count). The molecule has 144 valence electrons. The third kappa shape index (κ3) is 4.23. The first-order valence-corrected chi connectivity index (χ1v) is 11.3. The van der Waals surface area contributed by atoms with E-state index in [1.807, 2.05) is 12.1 Å². The molecule has 1 nitrogen and oxygen atoms in total. The number of hydrogen-bond acceptors (Lipinski definition) is 2. The van der Waals surface area contributed by atoms with Crippen molar-refractivity contribution in [1.82, 2.24) is 0 Å². The van der Waals surface area contributed by atoms with E-state index in [0.717, 1.165) is 17.4 Å². The summed E-state index contributed by atoms with van der Waals surface area (Å²) in [5, 5.41) is 0.788. The topological polar surface area (TPSA) is 9.23 Å². The normalized spacial score (nSPS) is 33.5. The summed E-state index contributed by atoms with van der Waals surface area (Å²) >= 11 is 8.17. The molecule has 2 aromatic carbocycles. The molecule has 0 aromatic heterocycles. The molecule has 0 unspecified atom stereocenters. The molecule has 1 saturated carbocycles. The van der Waals surface area contributed by atoms with Gasteiger partial charge in [-0.25, -0.2) is 0 Å². The molecule has 5 atom stereocenters. The second-order valence-corrected chi connectivity index (χ2v) is 10.7. The lowest BCUT2D eigenvalue weighted by atomic mass is 9.70. The van der Waals surface area contributed by atoms with Crippen LogP contribution in [0, 0.1) is 18.8 Å². The smallest absolute Gasteiger partial charge is 0.0842 e. The van der Waals surface area contributed by atoms with Gasteiger partial charge in [-0.3, -0.25) is 0 Å². The molecular formula is C24H29ClOS. The number of thioether (sulfide) groups is 1. The summed E-state index contributed by atoms with van der Waals surface area (Å²) in [4.78, 5) is 1.37. The molecule has 1 heterocycles. The molecule has 27 heavy (non-hydrogen) atoms. The Morgan fingerprint density at radius 1 is 1.04 bits per heavy atom. The zero-order valence-electron chi connectivity index (χ0n) is 16.5. The van der Waals surface area contributed by atoms with Crippen LogP contribution in [0.3, 0.4) is 0 Å². The van der Waals surface area contributed by atoms with Gasteiger partial charge in [0.1, 0.15) is 0 Å². The van der Waals surface area contributed by atoms with Gasteiger partial charge in [0.05, 0.1) is 12.2 Å². The molecule has 2 aliphatic rings. The van der Waals surface area contributed by atoms with Crippen molar-refractivity contribution in [2.45, 2.75) is 68.3 Å². The monoisotopic (exact) mass is 400 g/mol. The number of hydrogen-bond donors (Lipinski definition) is 0. The molecular weight excluding hydrogens is 372 g/mol. The summed E-state index contributed by atoms with van der Waals surface area (Å²) in [6, 6.07) is 17.2. The summed E-state index contributed by atoms with van der Waals surface area (Å²) in [6.45, 7) is 6.99. The maximum atomic E-state index is 6.68. The van der Waals surface area contributed by atoms with Crippen LogP contribution in [0.1, 0.15) is 56.8 Å². The van der Waals surface area contributed by atoms with Gasteiger partial charge in [0.2, 0.25) is 0 Å². The standard InChI is InChI=1S/C24H29ClOS/c1-16-4-11-20(12-5-16)27-24(3)15-23(18-7-9-19(25)10-8-18)26-22-14-17(2)6-13-21(22)24/h4-5,7-12,17,21-23H,6,13-15H2,1-3H3/t17-,21-,22-,23-,24+/m1/s1. The Kier molecular flexibility index (Phi) is 5.60. The van der Waals surface area contributed by atoms with Gasteiger partial charge in [-0.15, -0.1) is 11.8 Å². The van der Waals surface area contributed by atoms with E-state index in [2.05, 4.69) is 68.9 Å². The number of benzene rings is 2. The van der Waals surface area contributed by atoms with E-state index in [-0.39, 0.29) is 10.9 Å². The van der Waals surface area contributed by atoms with Crippen LogP contribution in [-0.2, 0) is 4.74 Å². The van der Waals surface area contributed by atoms with Gasteiger partial charge in [-0.2, -0.15) is 0 Å². The van der Waals surface area contributed by atoms with Crippen LogP contribution in [-0.4, -0.2) is 10.9 Å². The molecule has 0 N–H and O–H groups in total. The van der Waals surface area contributed by atoms with Gasteiger partial charge < -0.3 is 4.74 Å². The van der Waals surface area contributed by atoms with Crippen molar-refractivity contribution in [3.8, 4) is 0 Å². The van der Waals surface area contributed by atoms with Crippen molar-refractivity contribution < 1.29 is 4.74 Å². The van der Waals surface area contributed by atoms with Crippen molar-refractivity contribution in [2.24, 2.45) is 11.8 Å². The van der Waals surface area contributed by atoms with Crippen LogP contribution < -0.4 is 0 Å². The van der Waals surface area contributed by atoms with E-state index in [0.29, 0.717) is 12.0 Å². The summed E-state index contributed by atoms with van der Waals surface area (Å²) in [5.74, 6) is 1.37. The van der Waals surface area contributed by atoms with Crippen molar-refractivity contribution in [3.63, 3.8) is 0 Å². The molecule has 1 saturated heterocycles. The van der Waals surface area contributed by atoms with Crippen LogP contribution in [0.4, 0.5) is 0 Å². The fourth-order valence-electron chi connectivity index (χ4n) is 4.82. The second kappa shape index (κ2) is 7.81. The average molecular weight is 401 g/mol. The fraction of sp³-hybridized carbons (Fsp3) is 0.500. The lowest BCUT2D eigenvalue weighted by Crippen LogP contribution is -2.49. The predicted molar refractivity (Wildman–Crippen MR) is 116 cm³/mol. The first kappa shape index (κ1) is 19.4. The quantitative estimate of drug-likeness (QED) is 0.528. The van der Waals surface area contributed by atoms with Crippen LogP contribution in [0.2, 0.25) is 5.02 Å². The van der Waals surface area contributed by atoms with E-state index < -0.39 is 0 Å². The van der Waals surface area contributed by atoms with Crippen LogP contribution in [0.15, 0.2) is 53.4 Å². The van der Waals surface area contributed by atoms with E-state index in [9.17, 15) is 0 Å². The number of rotatable bonds is 3. The number of ether oxygens (including phenoxy) is 1. The zero-order valence-corrected chi connectivity index (χ0v) is 18.0. The minimum absolute atomic E-state index is 0.150. The Morgan fingerprint density at radius 2 is 1.74 bits per heavy atom. The SMILES string of the molecule is Cc1ccc(S[C@@]2(C)C[C@H](c3ccc(Cl)cc3)O[C@@H]3C[C@H](C)CC[C@H]32)cc1. The van der Waals surface area contributed by atoms with Crippen LogP contribution in [0.5, 0.6) is 0 Å². The Labute approximate surface area is 172 Å². The van der Waals surface area contributed by atoms with Crippen molar-refractivity contribution >= 4 is 23.4 Å². The molecule has 2 aromatic rings. The van der Waals surface area contributed by atoms with E-state index in [1.54, 1.807) is 0 Å². The Balaban J connectivity index is 1.63. The largest absolute Gasteiger partial charge is 0.370 e. The summed E-state index contributed by atoms with van der Waals surface area (Å²) in [7, 11) is 0. The number of halogens is 1. The Hall–Kier alpha value is -0.960. The lowest BCUT2D eigenvalue weighted by molar-refractivity contribution is -0.122. The maximum Gasteiger partial charge on any atom is 0.0842 e. The van der Waals surface area contributed by atoms with Crippen LogP contribution in [0.25, 0.3) is 0 Å². The lowest BCUT2D eigenvalue weighted by Gasteiger charge is -2.52. The minimum Gasteiger partial charge on any atom is -0.370 e. The van der Waals surface area contributed by atoms with E-state index in [4.69, 9.17) is 16.3 Å². The predicted octanol–water partition coefficient (Wildman–Crippen LogP) is 7.47. The molecule has 0 spiro atoms. The van der Waals surface area contributed by atoms with Crippen molar-refractivity contribution in [3.05, 3.63) is 64.7 Å². The number of aryl methyl sites for hydroxylation is 1. The second-order valence-electron chi connectivity index (χ2n) is 8.67. The summed E-state index contributed by atoms with van der Waals surface area (Å²) < 4.78 is 6.87. The Bertz CT molecular complexity index is 772. The summed E-state index contributed by atoms with van der Waals surface area (Å²) in [6.07, 6.45) is 5.32. The molecule has 1 aliphatic heterocycles. The molecule has 1 aliphatic carbocycles. The van der Waals surface area contributed by atoms with Gasteiger partial charge >= 0.3 is 0 Å². The van der Waals surface area contributed by atoms with Gasteiger partial charge in [0.25, 0.3) is 0 Å². The highest BCUT2D eigenvalue weighted by atomic mass is 35.5. The summed E-state index contributed by atoms with van der Waals surface area (Å²) in [5.41, 5.74) is 2.58. The van der Waals surface area contributed by atoms with Gasteiger partial charge in [-0.05, 0) is 68.9 Å². The van der Waals surface area contributed by atoms with Crippen molar-refractivity contribution in [1.29, 1.82) is 0 Å². The van der Waals surface area contributed by atoms with Gasteiger partial charge in [0.15, 0.2) is 0 Å². The van der Waals surface area contributed by atoms with E-state index in [1.165, 1.54) is 35.3 Å². The van der Waals surface area contributed by atoms with Crippen molar-refractivity contribution in [2.75, 3.05) is 0 Å². The van der Waals surface area contributed by atoms with Crippen LogP contribution >= 0.6 is 23.4 Å². The first-order chi connectivity index (χ1) is 12.9. The highest BCUT2D eigenvalue weighted by molar-refractivity contribution is 8.00. The molecule has 0 radical (unpaired) electrons. The van der Waals surface area contributed by atoms with E-state index >= 15 is 0 Å². The number of fused-ring (bicyclic) bond motifs is 1. The minimum atomic E-state index is 0.150. The maximum absolute atomic E-state index is 6.68. The first-order valence-electron chi connectivity index (χ1n) is 10.1. The highest BCUT2D eigenvalue weighted by Gasteiger charge is 2.49. The Morgan fingerprint density at radius 3 is 2.44 bits per heavy atom. The van der Waals surface area contributed by atoms with Gasteiger partial charge in [-0.1, -0.05) is 54.8 Å². The molecule has 0 bridgehead atoms. The third-order valence-electron chi connectivity index (χ3n) is 6.38. The highest BCUT2D eigenvalue weighted by Crippen LogP contribution is 2.55. The fourth-order valence-corrected chi connectivity index (χ4v) is 6.42. The molecule has 0 amide bonds. The molecule has 3 heteroatoms. The average Bonchev–Trinajstić information content (AvgIpc) is 2.63.